The number of nitrogens with zero attached hydrogens (tertiary/aromatic N) is 1. The van der Waals surface area contributed by atoms with Gasteiger partial charge in [0.25, 0.3) is 0 Å². The van der Waals surface area contributed by atoms with Gasteiger partial charge in [0.2, 0.25) is 5.91 Å². The number of rotatable bonds is 2. The van der Waals surface area contributed by atoms with Crippen molar-refractivity contribution in [1.29, 1.82) is 0 Å². The summed E-state index contributed by atoms with van der Waals surface area (Å²) < 4.78 is 11.4. The third-order valence-corrected chi connectivity index (χ3v) is 4.99. The minimum Gasteiger partial charge on any atom is -0.346 e. The van der Waals surface area contributed by atoms with Gasteiger partial charge in [-0.3, -0.25) is 4.79 Å². The predicted molar refractivity (Wildman–Crippen MR) is 67.0 cm³/mol. The highest BCUT2D eigenvalue weighted by molar-refractivity contribution is 5.83. The smallest absolute Gasteiger partial charge is 0.228 e. The molecule has 1 saturated carbocycles. The fraction of sp³-hybridized carbons (Fsp3) is 0.929. The minimum atomic E-state index is -0.469. The van der Waals surface area contributed by atoms with Gasteiger partial charge in [-0.1, -0.05) is 19.8 Å². The first kappa shape index (κ1) is 12.4. The molecule has 1 aliphatic carbocycles. The molecule has 3 fully saturated rings. The van der Waals surface area contributed by atoms with E-state index in [1.165, 1.54) is 12.8 Å². The molecule has 0 N–H and O–H groups in total. The standard InChI is InChI=1S/C14H23NO3/c1-2-13(5-3-4-6-13)12(16)15-8-7-14(11-15)17-9-10-18-14/h2-11H2,1H3. The van der Waals surface area contributed by atoms with Gasteiger partial charge in [-0.2, -0.15) is 0 Å². The van der Waals surface area contributed by atoms with Crippen LogP contribution in [0.2, 0.25) is 0 Å². The van der Waals surface area contributed by atoms with E-state index in [2.05, 4.69) is 6.92 Å². The summed E-state index contributed by atoms with van der Waals surface area (Å²) in [5.74, 6) is -0.123. The molecule has 0 unspecified atom stereocenters. The van der Waals surface area contributed by atoms with Crippen molar-refractivity contribution in [2.75, 3.05) is 26.3 Å². The minimum absolute atomic E-state index is 0.0792. The molecular formula is C14H23NO3. The van der Waals surface area contributed by atoms with Crippen molar-refractivity contribution in [1.82, 2.24) is 4.90 Å². The van der Waals surface area contributed by atoms with Gasteiger partial charge in [-0.25, -0.2) is 0 Å². The molecule has 2 saturated heterocycles. The maximum absolute atomic E-state index is 12.8. The van der Waals surface area contributed by atoms with Crippen LogP contribution in [0.3, 0.4) is 0 Å². The van der Waals surface area contributed by atoms with Crippen LogP contribution in [0.25, 0.3) is 0 Å². The zero-order valence-electron chi connectivity index (χ0n) is 11.2. The Labute approximate surface area is 109 Å². The highest BCUT2D eigenvalue weighted by Crippen LogP contribution is 2.44. The van der Waals surface area contributed by atoms with Gasteiger partial charge < -0.3 is 14.4 Å². The Morgan fingerprint density at radius 2 is 1.83 bits per heavy atom. The Morgan fingerprint density at radius 3 is 2.44 bits per heavy atom. The third-order valence-electron chi connectivity index (χ3n) is 4.99. The van der Waals surface area contributed by atoms with Crippen LogP contribution in [0, 0.1) is 5.41 Å². The fourth-order valence-electron chi connectivity index (χ4n) is 3.77. The Kier molecular flexibility index (Phi) is 3.10. The van der Waals surface area contributed by atoms with Crippen LogP contribution in [0.15, 0.2) is 0 Å². The average Bonchev–Trinajstić information content (AvgIpc) is 3.12. The summed E-state index contributed by atoms with van der Waals surface area (Å²) in [7, 11) is 0. The van der Waals surface area contributed by atoms with Gasteiger partial charge in [0.15, 0.2) is 5.79 Å². The van der Waals surface area contributed by atoms with Crippen LogP contribution >= 0.6 is 0 Å². The summed E-state index contributed by atoms with van der Waals surface area (Å²) in [4.78, 5) is 14.7. The number of likely N-dealkylation sites (tertiary alicyclic amines) is 1. The molecule has 3 aliphatic rings. The van der Waals surface area contributed by atoms with Crippen LogP contribution in [0.4, 0.5) is 0 Å². The largest absolute Gasteiger partial charge is 0.346 e. The van der Waals surface area contributed by atoms with Crippen molar-refractivity contribution in [2.45, 2.75) is 51.2 Å². The topological polar surface area (TPSA) is 38.8 Å². The van der Waals surface area contributed by atoms with E-state index in [-0.39, 0.29) is 5.41 Å². The van der Waals surface area contributed by atoms with E-state index in [0.717, 1.165) is 32.2 Å². The van der Waals surface area contributed by atoms with Crippen LogP contribution in [-0.4, -0.2) is 42.9 Å². The number of hydrogen-bond donors (Lipinski definition) is 0. The zero-order chi connectivity index (χ0) is 12.6. The van der Waals surface area contributed by atoms with Crippen molar-refractivity contribution >= 4 is 5.91 Å². The zero-order valence-corrected chi connectivity index (χ0v) is 11.2. The summed E-state index contributed by atoms with van der Waals surface area (Å²) in [5.41, 5.74) is -0.0792. The number of ether oxygens (including phenoxy) is 2. The van der Waals surface area contributed by atoms with Crippen LogP contribution in [0.5, 0.6) is 0 Å². The molecule has 4 nitrogen and oxygen atoms in total. The molecule has 0 aromatic heterocycles. The number of amides is 1. The molecule has 3 rings (SSSR count). The molecule has 0 aromatic carbocycles. The van der Waals surface area contributed by atoms with Gasteiger partial charge in [0.05, 0.1) is 19.8 Å². The Bertz CT molecular complexity index is 330. The second-order valence-electron chi connectivity index (χ2n) is 5.93. The second-order valence-corrected chi connectivity index (χ2v) is 5.93. The number of carbonyl (C=O) groups excluding carboxylic acids is 1. The Morgan fingerprint density at radius 1 is 1.17 bits per heavy atom. The van der Waals surface area contributed by atoms with E-state index in [4.69, 9.17) is 9.47 Å². The summed E-state index contributed by atoms with van der Waals surface area (Å²) in [6.45, 7) is 4.91. The lowest BCUT2D eigenvalue weighted by atomic mass is 9.82. The van der Waals surface area contributed by atoms with Gasteiger partial charge >= 0.3 is 0 Å². The van der Waals surface area contributed by atoms with E-state index >= 15 is 0 Å². The van der Waals surface area contributed by atoms with E-state index in [9.17, 15) is 4.79 Å². The molecule has 2 heterocycles. The molecule has 2 aliphatic heterocycles. The Hall–Kier alpha value is -0.610. The highest BCUT2D eigenvalue weighted by atomic mass is 16.7. The highest BCUT2D eigenvalue weighted by Gasteiger charge is 2.49. The molecule has 0 bridgehead atoms. The maximum atomic E-state index is 12.8. The van der Waals surface area contributed by atoms with Gasteiger partial charge in [0.1, 0.15) is 0 Å². The molecule has 0 aromatic rings. The molecule has 0 atom stereocenters. The van der Waals surface area contributed by atoms with Gasteiger partial charge in [-0.05, 0) is 19.3 Å². The Balaban J connectivity index is 1.70. The summed E-state index contributed by atoms with van der Waals surface area (Å²) in [6.07, 6.45) is 6.33. The molecule has 1 amide bonds. The van der Waals surface area contributed by atoms with Crippen LogP contribution < -0.4 is 0 Å². The fourth-order valence-corrected chi connectivity index (χ4v) is 3.77. The lowest BCUT2D eigenvalue weighted by molar-refractivity contribution is -0.157. The van der Waals surface area contributed by atoms with Crippen molar-refractivity contribution in [3.8, 4) is 0 Å². The molecule has 4 heteroatoms. The first-order valence-corrected chi connectivity index (χ1v) is 7.27. The third kappa shape index (κ3) is 1.86. The predicted octanol–water partition coefficient (Wildman–Crippen LogP) is 1.93. The molecule has 1 spiro atoms. The van der Waals surface area contributed by atoms with E-state index in [0.29, 0.717) is 25.7 Å². The second kappa shape index (κ2) is 4.49. The van der Waals surface area contributed by atoms with E-state index in [1.54, 1.807) is 0 Å². The van der Waals surface area contributed by atoms with Crippen molar-refractivity contribution < 1.29 is 14.3 Å². The molecular weight excluding hydrogens is 230 g/mol. The normalized spacial score (nSPS) is 29.3. The van der Waals surface area contributed by atoms with Gasteiger partial charge in [-0.15, -0.1) is 0 Å². The molecule has 0 radical (unpaired) electrons. The van der Waals surface area contributed by atoms with E-state index < -0.39 is 5.79 Å². The molecule has 18 heavy (non-hydrogen) atoms. The van der Waals surface area contributed by atoms with Crippen molar-refractivity contribution in [3.63, 3.8) is 0 Å². The maximum Gasteiger partial charge on any atom is 0.228 e. The SMILES string of the molecule is CCC1(C(=O)N2CCC3(C2)OCCO3)CCCC1. The number of hydrogen-bond acceptors (Lipinski definition) is 3. The monoisotopic (exact) mass is 253 g/mol. The summed E-state index contributed by atoms with van der Waals surface area (Å²) in [6, 6.07) is 0. The molecule has 102 valence electrons. The average molecular weight is 253 g/mol. The van der Waals surface area contributed by atoms with E-state index in [1.807, 2.05) is 4.90 Å². The van der Waals surface area contributed by atoms with Crippen LogP contribution in [-0.2, 0) is 14.3 Å². The first-order chi connectivity index (χ1) is 8.70. The van der Waals surface area contributed by atoms with Crippen molar-refractivity contribution in [2.24, 2.45) is 5.41 Å². The summed E-state index contributed by atoms with van der Waals surface area (Å²) in [5, 5.41) is 0. The van der Waals surface area contributed by atoms with Crippen LogP contribution in [0.1, 0.15) is 45.4 Å². The van der Waals surface area contributed by atoms with Crippen molar-refractivity contribution in [3.05, 3.63) is 0 Å². The lowest BCUT2D eigenvalue weighted by Crippen LogP contribution is -2.43. The number of carbonyl (C=O) groups is 1. The summed E-state index contributed by atoms with van der Waals surface area (Å²) >= 11 is 0. The van der Waals surface area contributed by atoms with Gasteiger partial charge in [0, 0.05) is 18.4 Å². The quantitative estimate of drug-likeness (QED) is 0.755. The first-order valence-electron chi connectivity index (χ1n) is 7.27. The lowest BCUT2D eigenvalue weighted by Gasteiger charge is -2.32.